The van der Waals surface area contributed by atoms with Crippen molar-refractivity contribution in [3.8, 4) is 0 Å². The number of benzene rings is 2. The molecule has 0 atom stereocenters. The predicted molar refractivity (Wildman–Crippen MR) is 107 cm³/mol. The van der Waals surface area contributed by atoms with Gasteiger partial charge in [0.25, 0.3) is 0 Å². The van der Waals surface area contributed by atoms with Gasteiger partial charge >= 0.3 is 0 Å². The van der Waals surface area contributed by atoms with E-state index in [0.717, 1.165) is 11.4 Å². The van der Waals surface area contributed by atoms with Gasteiger partial charge in [-0.2, -0.15) is 0 Å². The summed E-state index contributed by atoms with van der Waals surface area (Å²) in [5, 5.41) is 13.3. The minimum Gasteiger partial charge on any atom is -0.359 e. The Morgan fingerprint density at radius 1 is 0.917 bits per heavy atom. The molecule has 0 heterocycles. The molecule has 122 valence electrons. The van der Waals surface area contributed by atoms with Crippen LogP contribution < -0.4 is 5.32 Å². The maximum absolute atomic E-state index is 7.28. The van der Waals surface area contributed by atoms with Crippen molar-refractivity contribution in [2.24, 2.45) is 0 Å². The van der Waals surface area contributed by atoms with Crippen molar-refractivity contribution in [2.45, 2.75) is 20.8 Å². The number of nitrogens with one attached hydrogen (secondary N) is 2. The molecule has 0 unspecified atom stereocenters. The van der Waals surface area contributed by atoms with Gasteiger partial charge in [0, 0.05) is 17.1 Å². The van der Waals surface area contributed by atoms with Crippen LogP contribution in [0, 0.1) is 12.3 Å². The van der Waals surface area contributed by atoms with Crippen LogP contribution >= 0.6 is 0 Å². The van der Waals surface area contributed by atoms with Gasteiger partial charge in [-0.05, 0) is 55.3 Å². The van der Waals surface area contributed by atoms with E-state index < -0.39 is 0 Å². The number of anilines is 1. The Balaban J connectivity index is 2.02. The fourth-order valence-corrected chi connectivity index (χ4v) is 2.41. The van der Waals surface area contributed by atoms with Crippen molar-refractivity contribution >= 4 is 22.2 Å². The number of rotatable bonds is 6. The minimum atomic E-state index is 0.550. The normalized spacial score (nSPS) is 12.7. The molecule has 2 rings (SSSR count). The highest BCUT2D eigenvalue weighted by Crippen LogP contribution is 2.26. The fraction of sp³-hybridized carbons (Fsp3) is 0.136. The van der Waals surface area contributed by atoms with E-state index in [2.05, 4.69) is 55.6 Å². The second-order valence-electron chi connectivity index (χ2n) is 5.75. The topological polar surface area (TPSA) is 35.9 Å². The van der Waals surface area contributed by atoms with Crippen LogP contribution in [0.25, 0.3) is 10.8 Å². The summed E-state index contributed by atoms with van der Waals surface area (Å²) in [6.45, 7) is 5.96. The smallest absolute Gasteiger partial charge is 0.0417 e. The first-order valence-electron chi connectivity index (χ1n) is 8.07. The Labute approximate surface area is 144 Å². The highest BCUT2D eigenvalue weighted by molar-refractivity contribution is 5.90. The molecule has 0 aliphatic rings. The summed E-state index contributed by atoms with van der Waals surface area (Å²) in [5.41, 5.74) is 4.03. The third-order valence-electron chi connectivity index (χ3n) is 3.67. The Kier molecular flexibility index (Phi) is 6.32. The van der Waals surface area contributed by atoms with Gasteiger partial charge in [0.15, 0.2) is 0 Å². The molecule has 0 saturated heterocycles. The Hall–Kier alpha value is -2.87. The number of aryl methyl sites for hydroxylation is 1. The summed E-state index contributed by atoms with van der Waals surface area (Å²) in [6.07, 6.45) is 13.5. The lowest BCUT2D eigenvalue weighted by atomic mass is 10.0. The van der Waals surface area contributed by atoms with E-state index in [9.17, 15) is 0 Å². The van der Waals surface area contributed by atoms with Crippen molar-refractivity contribution < 1.29 is 0 Å². The molecule has 2 aromatic rings. The van der Waals surface area contributed by atoms with Crippen LogP contribution in [0.4, 0.5) is 5.69 Å². The summed E-state index contributed by atoms with van der Waals surface area (Å²) < 4.78 is 0. The highest BCUT2D eigenvalue weighted by atomic mass is 14.9. The Bertz CT molecular complexity index is 836. The molecule has 0 aliphatic heterocycles. The quantitative estimate of drug-likeness (QED) is 0.485. The molecule has 0 radical (unpaired) electrons. The maximum Gasteiger partial charge on any atom is 0.0417 e. The van der Waals surface area contributed by atoms with E-state index in [1.165, 1.54) is 16.3 Å². The Morgan fingerprint density at radius 2 is 1.62 bits per heavy atom. The van der Waals surface area contributed by atoms with E-state index in [4.69, 9.17) is 5.41 Å². The van der Waals surface area contributed by atoms with Crippen molar-refractivity contribution in [2.75, 3.05) is 5.32 Å². The molecule has 0 bridgehead atoms. The Morgan fingerprint density at radius 3 is 2.42 bits per heavy atom. The predicted octanol–water partition coefficient (Wildman–Crippen LogP) is 6.17. The van der Waals surface area contributed by atoms with Gasteiger partial charge in [-0.15, -0.1) is 0 Å². The maximum atomic E-state index is 7.28. The van der Waals surface area contributed by atoms with Crippen LogP contribution in [0.3, 0.4) is 0 Å². The van der Waals surface area contributed by atoms with Crippen LogP contribution in [0.15, 0.2) is 84.6 Å². The highest BCUT2D eigenvalue weighted by Gasteiger charge is 2.02. The first-order valence-corrected chi connectivity index (χ1v) is 8.07. The van der Waals surface area contributed by atoms with Gasteiger partial charge in [0.05, 0.1) is 0 Å². The first-order chi connectivity index (χ1) is 11.6. The fourth-order valence-electron chi connectivity index (χ4n) is 2.41. The van der Waals surface area contributed by atoms with Gasteiger partial charge < -0.3 is 10.7 Å². The molecule has 2 aromatic carbocycles. The van der Waals surface area contributed by atoms with E-state index in [1.807, 2.05) is 36.5 Å². The summed E-state index contributed by atoms with van der Waals surface area (Å²) >= 11 is 0. The first kappa shape index (κ1) is 17.5. The van der Waals surface area contributed by atoms with E-state index in [0.29, 0.717) is 5.71 Å². The molecule has 2 heteroatoms. The zero-order chi connectivity index (χ0) is 17.4. The summed E-state index contributed by atoms with van der Waals surface area (Å²) in [4.78, 5) is 0. The number of hydrogen-bond donors (Lipinski definition) is 2. The third kappa shape index (κ3) is 5.10. The molecule has 24 heavy (non-hydrogen) atoms. The van der Waals surface area contributed by atoms with Crippen molar-refractivity contribution in [3.63, 3.8) is 0 Å². The van der Waals surface area contributed by atoms with E-state index in [1.54, 1.807) is 13.0 Å². The van der Waals surface area contributed by atoms with Crippen molar-refractivity contribution in [3.05, 3.63) is 90.2 Å². The van der Waals surface area contributed by atoms with Gasteiger partial charge in [-0.1, -0.05) is 60.7 Å². The van der Waals surface area contributed by atoms with Crippen LogP contribution in [0.5, 0.6) is 0 Å². The molecule has 0 aliphatic carbocycles. The minimum absolute atomic E-state index is 0.550. The van der Waals surface area contributed by atoms with Gasteiger partial charge in [-0.3, -0.25) is 0 Å². The molecule has 0 aromatic heterocycles. The SMILES string of the molecule is CC(=N)/C=C/C=C/C=C/C=C(\C)Nc1ccc2ccccc2c1C. The summed E-state index contributed by atoms with van der Waals surface area (Å²) in [7, 11) is 0. The molecule has 0 fully saturated rings. The zero-order valence-electron chi connectivity index (χ0n) is 14.5. The standard InChI is InChI=1S/C22H24N2/c1-17(23)11-7-5-4-6-8-12-18(2)24-22-16-15-20-13-9-10-14-21(20)19(22)3/h4-16,23-24H,1-3H3/b5-4+,8-6+,11-7+,18-12+,23-17?. The number of allylic oxidation sites excluding steroid dienone is 8. The lowest BCUT2D eigenvalue weighted by Gasteiger charge is -2.12. The van der Waals surface area contributed by atoms with Crippen LogP contribution in [-0.2, 0) is 0 Å². The van der Waals surface area contributed by atoms with Crippen LogP contribution in [-0.4, -0.2) is 5.71 Å². The monoisotopic (exact) mass is 316 g/mol. The molecular formula is C22H24N2. The summed E-state index contributed by atoms with van der Waals surface area (Å²) in [6, 6.07) is 12.7. The second kappa shape index (κ2) is 8.68. The van der Waals surface area contributed by atoms with E-state index in [-0.39, 0.29) is 0 Å². The van der Waals surface area contributed by atoms with Crippen molar-refractivity contribution in [1.29, 1.82) is 5.41 Å². The van der Waals surface area contributed by atoms with Gasteiger partial charge in [0.1, 0.15) is 0 Å². The average Bonchev–Trinajstić information content (AvgIpc) is 2.56. The molecular weight excluding hydrogens is 292 g/mol. The summed E-state index contributed by atoms with van der Waals surface area (Å²) in [5.74, 6) is 0. The van der Waals surface area contributed by atoms with E-state index >= 15 is 0 Å². The van der Waals surface area contributed by atoms with Gasteiger partial charge in [0.2, 0.25) is 0 Å². The molecule has 0 amide bonds. The average molecular weight is 316 g/mol. The third-order valence-corrected chi connectivity index (χ3v) is 3.67. The lowest BCUT2D eigenvalue weighted by Crippen LogP contribution is -1.97. The number of fused-ring (bicyclic) bond motifs is 1. The van der Waals surface area contributed by atoms with Gasteiger partial charge in [-0.25, -0.2) is 0 Å². The largest absolute Gasteiger partial charge is 0.359 e. The molecule has 2 N–H and O–H groups in total. The zero-order valence-corrected chi connectivity index (χ0v) is 14.5. The molecule has 0 spiro atoms. The molecule has 2 nitrogen and oxygen atoms in total. The lowest BCUT2D eigenvalue weighted by molar-refractivity contribution is 1.35. The van der Waals surface area contributed by atoms with Crippen LogP contribution in [0.2, 0.25) is 0 Å². The number of hydrogen-bond acceptors (Lipinski definition) is 2. The second-order valence-corrected chi connectivity index (χ2v) is 5.75. The molecule has 0 saturated carbocycles. The van der Waals surface area contributed by atoms with Crippen LogP contribution in [0.1, 0.15) is 19.4 Å². The van der Waals surface area contributed by atoms with Crippen molar-refractivity contribution in [1.82, 2.24) is 0 Å².